The van der Waals surface area contributed by atoms with Crippen molar-refractivity contribution in [3.05, 3.63) is 53.2 Å². The van der Waals surface area contributed by atoms with Gasteiger partial charge in [-0.1, -0.05) is 6.07 Å². The maximum Gasteiger partial charge on any atom is 0.200 e. The Morgan fingerprint density at radius 2 is 1.95 bits per heavy atom. The zero-order valence-corrected chi connectivity index (χ0v) is 11.1. The molecule has 3 rings (SSSR count). The van der Waals surface area contributed by atoms with Gasteiger partial charge in [-0.05, 0) is 43.4 Å². The number of aryl methyl sites for hydroxylation is 1. The van der Waals surface area contributed by atoms with Crippen molar-refractivity contribution < 1.29 is 0 Å². The highest BCUT2D eigenvalue weighted by Gasteiger charge is 2.13. The first-order valence-corrected chi connectivity index (χ1v) is 6.19. The Balaban J connectivity index is 2.26. The first-order chi connectivity index (χ1) is 9.27. The van der Waals surface area contributed by atoms with Gasteiger partial charge in [0.15, 0.2) is 10.6 Å². The molecule has 1 N–H and O–H groups in total. The maximum atomic E-state index is 5.30. The van der Waals surface area contributed by atoms with Crippen LogP contribution >= 0.6 is 12.2 Å². The van der Waals surface area contributed by atoms with Crippen molar-refractivity contribution in [2.75, 3.05) is 0 Å². The fourth-order valence-corrected chi connectivity index (χ4v) is 2.13. The van der Waals surface area contributed by atoms with Crippen molar-refractivity contribution in [1.29, 1.82) is 0 Å². The van der Waals surface area contributed by atoms with Crippen LogP contribution in [0.3, 0.4) is 0 Å². The molecular formula is C13H11N5S. The van der Waals surface area contributed by atoms with Crippen LogP contribution in [0, 0.1) is 11.7 Å². The normalized spacial score (nSPS) is 10.6. The lowest BCUT2D eigenvalue weighted by Crippen LogP contribution is -2.02. The first-order valence-electron chi connectivity index (χ1n) is 5.78. The molecule has 0 fully saturated rings. The second kappa shape index (κ2) is 4.74. The van der Waals surface area contributed by atoms with Gasteiger partial charge in [0.05, 0.1) is 11.4 Å². The van der Waals surface area contributed by atoms with Gasteiger partial charge in [0, 0.05) is 12.4 Å². The average molecular weight is 269 g/mol. The van der Waals surface area contributed by atoms with E-state index in [4.69, 9.17) is 12.2 Å². The number of rotatable bonds is 2. The van der Waals surface area contributed by atoms with Crippen LogP contribution in [0.15, 0.2) is 42.7 Å². The molecule has 0 aliphatic carbocycles. The van der Waals surface area contributed by atoms with Crippen molar-refractivity contribution >= 4 is 12.2 Å². The molecular weight excluding hydrogens is 258 g/mol. The standard InChI is InChI=1S/C13H11N5S/c1-9-11(6-4-8-14-9)18-12(16-17-13(18)19)10-5-2-3-7-15-10/h2-8H,1H3,(H,17,19). The van der Waals surface area contributed by atoms with E-state index in [1.165, 1.54) is 0 Å². The van der Waals surface area contributed by atoms with Gasteiger partial charge < -0.3 is 0 Å². The molecule has 3 aromatic rings. The second-order valence-corrected chi connectivity index (χ2v) is 4.40. The van der Waals surface area contributed by atoms with Crippen molar-refractivity contribution in [2.45, 2.75) is 6.92 Å². The molecule has 19 heavy (non-hydrogen) atoms. The number of nitrogens with zero attached hydrogens (tertiary/aromatic N) is 4. The highest BCUT2D eigenvalue weighted by Crippen LogP contribution is 2.20. The summed E-state index contributed by atoms with van der Waals surface area (Å²) in [5, 5.41) is 7.07. The lowest BCUT2D eigenvalue weighted by atomic mass is 10.3. The van der Waals surface area contributed by atoms with Gasteiger partial charge >= 0.3 is 0 Å². The quantitative estimate of drug-likeness (QED) is 0.727. The molecule has 0 aromatic carbocycles. The van der Waals surface area contributed by atoms with Gasteiger partial charge in [-0.25, -0.2) is 0 Å². The highest BCUT2D eigenvalue weighted by atomic mass is 32.1. The zero-order valence-electron chi connectivity index (χ0n) is 10.2. The molecule has 0 saturated heterocycles. The van der Waals surface area contributed by atoms with Gasteiger partial charge in [-0.15, -0.1) is 0 Å². The number of nitrogens with one attached hydrogen (secondary N) is 1. The SMILES string of the molecule is Cc1ncccc1-n1c(-c2ccccn2)n[nH]c1=S. The predicted octanol–water partition coefficient (Wildman–Crippen LogP) is 2.70. The Hall–Kier alpha value is -2.34. The van der Waals surface area contributed by atoms with Crippen LogP contribution < -0.4 is 0 Å². The molecule has 0 aliphatic heterocycles. The fraction of sp³-hybridized carbons (Fsp3) is 0.0769. The lowest BCUT2D eigenvalue weighted by Gasteiger charge is -2.08. The molecule has 0 aliphatic rings. The Morgan fingerprint density at radius 3 is 2.68 bits per heavy atom. The van der Waals surface area contributed by atoms with E-state index in [1.54, 1.807) is 12.4 Å². The molecule has 0 unspecified atom stereocenters. The Labute approximate surface area is 115 Å². The molecule has 0 atom stereocenters. The largest absolute Gasteiger partial charge is 0.265 e. The first kappa shape index (κ1) is 11.7. The van der Waals surface area contributed by atoms with Crippen LogP contribution in [0.2, 0.25) is 0 Å². The minimum Gasteiger partial charge on any atom is -0.265 e. The molecule has 0 radical (unpaired) electrons. The summed E-state index contributed by atoms with van der Waals surface area (Å²) in [6, 6.07) is 9.51. The molecule has 3 heterocycles. The molecule has 94 valence electrons. The number of H-pyrrole nitrogens is 1. The van der Waals surface area contributed by atoms with Gasteiger partial charge in [-0.2, -0.15) is 5.10 Å². The smallest absolute Gasteiger partial charge is 0.200 e. The van der Waals surface area contributed by atoms with Crippen molar-refractivity contribution in [1.82, 2.24) is 24.7 Å². The lowest BCUT2D eigenvalue weighted by molar-refractivity contribution is 0.989. The van der Waals surface area contributed by atoms with Gasteiger partial charge in [0.1, 0.15) is 5.69 Å². The zero-order chi connectivity index (χ0) is 13.2. The van der Waals surface area contributed by atoms with E-state index in [-0.39, 0.29) is 0 Å². The van der Waals surface area contributed by atoms with E-state index >= 15 is 0 Å². The summed E-state index contributed by atoms with van der Waals surface area (Å²) in [5.41, 5.74) is 2.55. The van der Waals surface area contributed by atoms with E-state index in [2.05, 4.69) is 20.2 Å². The van der Waals surface area contributed by atoms with Crippen LogP contribution in [-0.2, 0) is 0 Å². The molecule has 0 amide bonds. The van der Waals surface area contributed by atoms with Gasteiger partial charge in [0.25, 0.3) is 0 Å². The number of aromatic nitrogens is 5. The van der Waals surface area contributed by atoms with E-state index in [0.717, 1.165) is 17.1 Å². The van der Waals surface area contributed by atoms with Gasteiger partial charge in [-0.3, -0.25) is 19.6 Å². The summed E-state index contributed by atoms with van der Waals surface area (Å²) in [6.45, 7) is 1.94. The number of hydrogen-bond donors (Lipinski definition) is 1. The monoisotopic (exact) mass is 269 g/mol. The van der Waals surface area contributed by atoms with Crippen molar-refractivity contribution in [3.63, 3.8) is 0 Å². The van der Waals surface area contributed by atoms with Gasteiger partial charge in [0.2, 0.25) is 0 Å². The van der Waals surface area contributed by atoms with E-state index in [9.17, 15) is 0 Å². The topological polar surface area (TPSA) is 59.4 Å². The summed E-state index contributed by atoms with van der Waals surface area (Å²) >= 11 is 5.30. The molecule has 0 bridgehead atoms. The second-order valence-electron chi connectivity index (χ2n) is 4.01. The maximum absolute atomic E-state index is 5.30. The summed E-state index contributed by atoms with van der Waals surface area (Å²) in [6.07, 6.45) is 3.48. The molecule has 3 aromatic heterocycles. The summed E-state index contributed by atoms with van der Waals surface area (Å²) in [7, 11) is 0. The van der Waals surface area contributed by atoms with Crippen LogP contribution in [0.4, 0.5) is 0 Å². The Morgan fingerprint density at radius 1 is 1.11 bits per heavy atom. The number of pyridine rings is 2. The molecule has 5 nitrogen and oxygen atoms in total. The van der Waals surface area contributed by atoms with E-state index in [0.29, 0.717) is 10.6 Å². The third kappa shape index (κ3) is 2.06. The average Bonchev–Trinajstić information content (AvgIpc) is 2.82. The van der Waals surface area contributed by atoms with Crippen molar-refractivity contribution in [3.8, 4) is 17.2 Å². The predicted molar refractivity (Wildman–Crippen MR) is 74.5 cm³/mol. The number of aromatic amines is 1. The summed E-state index contributed by atoms with van der Waals surface area (Å²) in [5.74, 6) is 0.682. The van der Waals surface area contributed by atoms with Crippen molar-refractivity contribution in [2.24, 2.45) is 0 Å². The third-order valence-corrected chi connectivity index (χ3v) is 3.06. The minimum absolute atomic E-state index is 0.525. The highest BCUT2D eigenvalue weighted by molar-refractivity contribution is 7.71. The Kier molecular flexibility index (Phi) is 2.92. The molecule has 0 spiro atoms. The van der Waals surface area contributed by atoms with E-state index in [1.807, 2.05) is 41.8 Å². The van der Waals surface area contributed by atoms with Crippen LogP contribution in [0.1, 0.15) is 5.69 Å². The Bertz CT molecular complexity index is 760. The molecule has 6 heteroatoms. The summed E-state index contributed by atoms with van der Waals surface area (Å²) in [4.78, 5) is 8.59. The van der Waals surface area contributed by atoms with Crippen LogP contribution in [0.25, 0.3) is 17.2 Å². The van der Waals surface area contributed by atoms with Crippen LogP contribution in [-0.4, -0.2) is 24.7 Å². The van der Waals surface area contributed by atoms with Crippen LogP contribution in [0.5, 0.6) is 0 Å². The fourth-order valence-electron chi connectivity index (χ4n) is 1.90. The molecule has 0 saturated carbocycles. The minimum atomic E-state index is 0.525. The van der Waals surface area contributed by atoms with E-state index < -0.39 is 0 Å². The number of hydrogen-bond acceptors (Lipinski definition) is 4. The third-order valence-electron chi connectivity index (χ3n) is 2.79. The summed E-state index contributed by atoms with van der Waals surface area (Å²) < 4.78 is 2.37.